The maximum absolute atomic E-state index is 12.5. The summed E-state index contributed by atoms with van der Waals surface area (Å²) >= 11 is 0. The third-order valence-electron chi connectivity index (χ3n) is 8.97. The minimum Gasteiger partial charge on any atom is -0.354 e. The molecule has 2 amide bonds. The van der Waals surface area contributed by atoms with Crippen molar-refractivity contribution in [3.05, 3.63) is 132 Å². The first-order valence-electron chi connectivity index (χ1n) is 17.3. The second-order valence-electron chi connectivity index (χ2n) is 12.3. The Balaban J connectivity index is 0.929. The lowest BCUT2D eigenvalue weighted by atomic mass is 10.1. The van der Waals surface area contributed by atoms with E-state index in [-0.39, 0.29) is 24.9 Å². The Morgan fingerprint density at radius 2 is 1.35 bits per heavy atom. The van der Waals surface area contributed by atoms with Gasteiger partial charge in [-0.15, -0.1) is 0 Å². The number of aliphatic imine (C=N–C) groups is 1. The second-order valence-corrected chi connectivity index (χ2v) is 15.0. The highest BCUT2D eigenvalue weighted by Gasteiger charge is 2.11. The van der Waals surface area contributed by atoms with Crippen LogP contribution in [0.15, 0.2) is 108 Å². The molecular formula is C42H47N6O2S2+. The van der Waals surface area contributed by atoms with Crippen molar-refractivity contribution in [2.75, 3.05) is 31.1 Å². The highest BCUT2D eigenvalue weighted by atomic mass is 33.1. The number of rotatable bonds is 17. The number of nitrogens with zero attached hydrogens (tertiary/aromatic N) is 4. The van der Waals surface area contributed by atoms with Gasteiger partial charge in [-0.05, 0) is 43.2 Å². The van der Waals surface area contributed by atoms with Crippen LogP contribution in [0.5, 0.6) is 0 Å². The fourth-order valence-electron chi connectivity index (χ4n) is 5.89. The summed E-state index contributed by atoms with van der Waals surface area (Å²) in [4.78, 5) is 28.9. The van der Waals surface area contributed by atoms with Crippen molar-refractivity contribution in [2.24, 2.45) is 19.1 Å². The number of pyridine rings is 1. The van der Waals surface area contributed by atoms with Crippen LogP contribution < -0.4 is 15.2 Å². The van der Waals surface area contributed by atoms with Crippen LogP contribution in [-0.2, 0) is 30.2 Å². The van der Waals surface area contributed by atoms with E-state index in [0.717, 1.165) is 22.6 Å². The van der Waals surface area contributed by atoms with Crippen molar-refractivity contribution in [3.8, 4) is 0 Å². The summed E-state index contributed by atoms with van der Waals surface area (Å²) in [5, 5.41) is 8.33. The second kappa shape index (κ2) is 19.0. The third-order valence-corrected chi connectivity index (χ3v) is 11.4. The zero-order valence-corrected chi connectivity index (χ0v) is 32.0. The summed E-state index contributed by atoms with van der Waals surface area (Å²) in [7, 11) is 7.51. The lowest BCUT2D eigenvalue weighted by Gasteiger charge is -2.04. The Morgan fingerprint density at radius 3 is 1.94 bits per heavy atom. The van der Waals surface area contributed by atoms with Gasteiger partial charge in [0.25, 0.3) is 5.91 Å². The molecule has 2 N–H and O–H groups in total. The number of aromatic nitrogens is 3. The number of allylic oxidation sites excluding steroid dienone is 4. The molecule has 0 radical (unpaired) electrons. The molecular weight excluding hydrogens is 685 g/mol. The quantitative estimate of drug-likeness (QED) is 0.0347. The molecule has 0 saturated carbocycles. The van der Waals surface area contributed by atoms with E-state index in [2.05, 4.69) is 120 Å². The fraction of sp³-hybridized carbons (Fsp3) is 0.238. The highest BCUT2D eigenvalue weighted by Crippen LogP contribution is 2.27. The molecule has 3 heterocycles. The topological polar surface area (TPSA) is 84.3 Å². The molecule has 0 aliphatic heterocycles. The van der Waals surface area contributed by atoms with Crippen molar-refractivity contribution in [1.82, 2.24) is 19.8 Å². The summed E-state index contributed by atoms with van der Waals surface area (Å²) in [6.45, 7) is 9.64. The Hall–Kier alpha value is -5.06. The lowest BCUT2D eigenvalue weighted by molar-refractivity contribution is -0.684. The Morgan fingerprint density at radius 1 is 0.788 bits per heavy atom. The maximum atomic E-state index is 12.5. The number of hydrogen-bond donors (Lipinski definition) is 2. The summed E-state index contributed by atoms with van der Waals surface area (Å²) in [5.74, 6) is 1.41. The smallest absolute Gasteiger partial charge is 0.286 e. The van der Waals surface area contributed by atoms with Crippen LogP contribution in [0.3, 0.4) is 0 Å². The normalized spacial score (nSPS) is 12.2. The molecule has 10 heteroatoms. The van der Waals surface area contributed by atoms with E-state index in [4.69, 9.17) is 0 Å². The van der Waals surface area contributed by atoms with Crippen molar-refractivity contribution >= 4 is 79.7 Å². The number of fused-ring (bicyclic) bond motifs is 2. The molecule has 52 heavy (non-hydrogen) atoms. The minimum atomic E-state index is -0.119. The average Bonchev–Trinajstić information content (AvgIpc) is 3.55. The lowest BCUT2D eigenvalue weighted by Crippen LogP contribution is -2.42. The van der Waals surface area contributed by atoms with Gasteiger partial charge in [0.2, 0.25) is 12.5 Å². The number of aryl methyl sites for hydroxylation is 2. The highest BCUT2D eigenvalue weighted by molar-refractivity contribution is 8.76. The van der Waals surface area contributed by atoms with Gasteiger partial charge in [-0.1, -0.05) is 94.9 Å². The number of amides is 2. The number of nitrogens with one attached hydrogen (secondary N) is 2. The molecule has 268 valence electrons. The van der Waals surface area contributed by atoms with Gasteiger partial charge in [-0.2, -0.15) is 4.57 Å². The van der Waals surface area contributed by atoms with E-state index in [1.54, 1.807) is 33.9 Å². The molecule has 2 aromatic carbocycles. The van der Waals surface area contributed by atoms with E-state index in [1.165, 1.54) is 44.3 Å². The van der Waals surface area contributed by atoms with E-state index in [0.29, 0.717) is 13.1 Å². The van der Waals surface area contributed by atoms with Crippen molar-refractivity contribution in [2.45, 2.75) is 20.4 Å². The number of carbonyl (C=O) groups excluding carboxylic acids is 2. The summed E-state index contributed by atoms with van der Waals surface area (Å²) < 4.78 is 6.29. The number of benzene rings is 2. The maximum Gasteiger partial charge on any atom is 0.286 e. The predicted octanol–water partition coefficient (Wildman–Crippen LogP) is 7.26. The average molecular weight is 732 g/mol. The molecule has 8 nitrogen and oxygen atoms in total. The third kappa shape index (κ3) is 10.0. The van der Waals surface area contributed by atoms with Crippen LogP contribution in [0.4, 0.5) is 0 Å². The first-order valence-corrected chi connectivity index (χ1v) is 19.8. The first-order chi connectivity index (χ1) is 25.3. The fourth-order valence-corrected chi connectivity index (χ4v) is 7.70. The van der Waals surface area contributed by atoms with Gasteiger partial charge in [0.1, 0.15) is 6.54 Å². The molecule has 5 rings (SSSR count). The van der Waals surface area contributed by atoms with Crippen LogP contribution in [0, 0.1) is 13.8 Å². The van der Waals surface area contributed by atoms with Crippen LogP contribution >= 0.6 is 21.6 Å². The summed E-state index contributed by atoms with van der Waals surface area (Å²) in [6.07, 6.45) is 17.5. The first kappa shape index (κ1) is 38.2. The molecule has 0 saturated heterocycles. The van der Waals surface area contributed by atoms with Gasteiger partial charge in [-0.3, -0.25) is 14.6 Å². The molecule has 0 bridgehead atoms. The van der Waals surface area contributed by atoms with Gasteiger partial charge >= 0.3 is 0 Å². The Kier molecular flexibility index (Phi) is 13.9. The number of carbonyl (C=O) groups is 2. The van der Waals surface area contributed by atoms with Gasteiger partial charge < -0.3 is 19.8 Å². The number of para-hydroxylation sites is 2. The van der Waals surface area contributed by atoms with Gasteiger partial charge in [0, 0.05) is 101 Å². The molecule has 0 unspecified atom stereocenters. The zero-order valence-electron chi connectivity index (χ0n) is 30.3. The SMILES string of the molecule is C=CC(/C=C/c1c(C)n(C)c2ccccc12)=C\C=N\CC(=O)NCCSSCCNC(=O)C[n+]1ccc(/C=C/c2c(C)n(C)c3ccccc23)cc1. The summed E-state index contributed by atoms with van der Waals surface area (Å²) in [5.41, 5.74) is 9.22. The minimum absolute atomic E-state index is 0.0240. The molecule has 0 fully saturated rings. The van der Waals surface area contributed by atoms with E-state index >= 15 is 0 Å². The van der Waals surface area contributed by atoms with Crippen molar-refractivity contribution in [3.63, 3.8) is 0 Å². The Labute approximate surface area is 314 Å². The Bertz CT molecular complexity index is 2150. The molecule has 0 spiro atoms. The van der Waals surface area contributed by atoms with E-state index in [9.17, 15) is 9.59 Å². The van der Waals surface area contributed by atoms with Crippen LogP contribution in [0.25, 0.3) is 40.0 Å². The van der Waals surface area contributed by atoms with Crippen molar-refractivity contribution < 1.29 is 14.2 Å². The largest absolute Gasteiger partial charge is 0.354 e. The predicted molar refractivity (Wildman–Crippen MR) is 222 cm³/mol. The van der Waals surface area contributed by atoms with E-state index < -0.39 is 0 Å². The molecule has 5 aromatic rings. The van der Waals surface area contributed by atoms with Crippen LogP contribution in [0.1, 0.15) is 28.1 Å². The standard InChI is InChI=1S/C42H46N6O2S2/c1-6-33(15-17-35-31(2)46(4)39-13-9-7-11-37(35)39)19-22-43-29-41(49)44-23-27-51-52-28-24-45-42(50)30-48-25-20-34(21-26-48)16-18-36-32(3)47(5)40-14-10-8-12-38(36)40/h6-22,25-26H,1,23-24,27-30H2,2-5H3,(H-,44,45,49,50)/p+1/b17-15+,33-19+,43-22+. The monoisotopic (exact) mass is 731 g/mol. The van der Waals surface area contributed by atoms with Crippen molar-refractivity contribution in [1.29, 1.82) is 0 Å². The van der Waals surface area contributed by atoms with Gasteiger partial charge in [0.15, 0.2) is 12.4 Å². The van der Waals surface area contributed by atoms with E-state index in [1.807, 2.05) is 47.3 Å². The van der Waals surface area contributed by atoms with Crippen LogP contribution in [-0.4, -0.2) is 58.3 Å². The molecule has 0 atom stereocenters. The van der Waals surface area contributed by atoms with Gasteiger partial charge in [0.05, 0.1) is 0 Å². The molecule has 0 aliphatic carbocycles. The zero-order chi connectivity index (χ0) is 36.9. The summed E-state index contributed by atoms with van der Waals surface area (Å²) in [6, 6.07) is 20.8. The van der Waals surface area contributed by atoms with Crippen LogP contribution in [0.2, 0.25) is 0 Å². The molecule has 3 aromatic heterocycles. The van der Waals surface area contributed by atoms with Gasteiger partial charge in [-0.25, -0.2) is 0 Å². The molecule has 0 aliphatic rings. The number of hydrogen-bond acceptors (Lipinski definition) is 5.